The van der Waals surface area contributed by atoms with Crippen LogP contribution in [0.5, 0.6) is 0 Å². The van der Waals surface area contributed by atoms with Crippen molar-refractivity contribution in [2.24, 2.45) is 14.1 Å². The Morgan fingerprint density at radius 1 is 1.38 bits per heavy atom. The van der Waals surface area contributed by atoms with Crippen molar-refractivity contribution in [1.29, 1.82) is 0 Å². The maximum absolute atomic E-state index is 8.36. The molecule has 0 aliphatic rings. The summed E-state index contributed by atoms with van der Waals surface area (Å²) < 4.78 is 5.76. The summed E-state index contributed by atoms with van der Waals surface area (Å²) in [5.74, 6) is 2.72. The molecule has 3 heterocycles. The zero-order valence-electron chi connectivity index (χ0n) is 13.6. The van der Waals surface area contributed by atoms with Crippen LogP contribution in [0.2, 0.25) is 0 Å². The molecule has 0 saturated carbocycles. The van der Waals surface area contributed by atoms with E-state index in [2.05, 4.69) is 30.1 Å². The molecular formula is C13H18N8O2S. The number of hydrogen-bond donors (Lipinski definition) is 1. The van der Waals surface area contributed by atoms with Crippen LogP contribution < -0.4 is 0 Å². The molecule has 0 unspecified atom stereocenters. The third kappa shape index (κ3) is 4.19. The highest BCUT2D eigenvalue weighted by Gasteiger charge is 2.11. The van der Waals surface area contributed by atoms with Crippen molar-refractivity contribution in [3.63, 3.8) is 0 Å². The van der Waals surface area contributed by atoms with Crippen LogP contribution in [0.1, 0.15) is 5.82 Å². The summed E-state index contributed by atoms with van der Waals surface area (Å²) in [5, 5.41) is 19.1. The van der Waals surface area contributed by atoms with Gasteiger partial charge in [-0.15, -0.1) is 5.10 Å². The number of hydrogen-bond acceptors (Lipinski definition) is 7. The van der Waals surface area contributed by atoms with Crippen LogP contribution in [0.4, 0.5) is 0 Å². The number of imidazole rings is 2. The highest BCUT2D eigenvalue weighted by molar-refractivity contribution is 7.99. The summed E-state index contributed by atoms with van der Waals surface area (Å²) in [4.78, 5) is 17.3. The molecule has 24 heavy (non-hydrogen) atoms. The predicted octanol–water partition coefficient (Wildman–Crippen LogP) is 0.609. The van der Waals surface area contributed by atoms with Crippen LogP contribution in [-0.4, -0.2) is 56.6 Å². The van der Waals surface area contributed by atoms with E-state index in [4.69, 9.17) is 9.90 Å². The van der Waals surface area contributed by atoms with Crippen LogP contribution in [0.15, 0.2) is 23.7 Å². The molecule has 1 N–H and O–H groups in total. The lowest BCUT2D eigenvalue weighted by atomic mass is 10.4. The monoisotopic (exact) mass is 350 g/mol. The topological polar surface area (TPSA) is 117 Å². The van der Waals surface area contributed by atoms with Gasteiger partial charge in [-0.25, -0.2) is 14.6 Å². The average molecular weight is 350 g/mol. The Kier molecular flexibility index (Phi) is 6.07. The fraction of sp³-hybridized carbons (Fsp3) is 0.385. The number of thioether (sulfide) groups is 1. The van der Waals surface area contributed by atoms with E-state index in [0.29, 0.717) is 0 Å². The van der Waals surface area contributed by atoms with E-state index >= 15 is 0 Å². The van der Waals surface area contributed by atoms with Gasteiger partial charge in [-0.3, -0.25) is 4.79 Å². The lowest BCUT2D eigenvalue weighted by Crippen LogP contribution is -2.03. The van der Waals surface area contributed by atoms with Gasteiger partial charge in [-0.2, -0.15) is 0 Å². The number of aryl methyl sites for hydroxylation is 4. The van der Waals surface area contributed by atoms with Gasteiger partial charge in [0.1, 0.15) is 11.5 Å². The number of aromatic nitrogens is 8. The Morgan fingerprint density at radius 2 is 2.12 bits per heavy atom. The van der Waals surface area contributed by atoms with Crippen LogP contribution in [0.25, 0.3) is 11.5 Å². The summed E-state index contributed by atoms with van der Waals surface area (Å²) in [6.07, 6.45) is 5.76. The fourth-order valence-corrected chi connectivity index (χ4v) is 2.76. The molecule has 0 atom stereocenters. The van der Waals surface area contributed by atoms with Gasteiger partial charge in [0, 0.05) is 45.0 Å². The van der Waals surface area contributed by atoms with Crippen LogP contribution in [0.3, 0.4) is 0 Å². The molecule has 3 aromatic heterocycles. The first kappa shape index (κ1) is 17.7. The van der Waals surface area contributed by atoms with Gasteiger partial charge in [-0.05, 0) is 17.4 Å². The minimum Gasteiger partial charge on any atom is -0.483 e. The fourth-order valence-electron chi connectivity index (χ4n) is 1.97. The minimum absolute atomic E-state index is 0.250. The molecule has 0 aliphatic heterocycles. The number of tetrazole rings is 1. The third-order valence-corrected chi connectivity index (χ3v) is 4.19. The molecule has 3 rings (SSSR count). The molecule has 0 aliphatic carbocycles. The zero-order chi connectivity index (χ0) is 17.5. The van der Waals surface area contributed by atoms with Gasteiger partial charge < -0.3 is 14.2 Å². The van der Waals surface area contributed by atoms with E-state index in [1.807, 2.05) is 38.0 Å². The number of rotatable bonds is 5. The smallest absolute Gasteiger partial charge is 0.290 e. The van der Waals surface area contributed by atoms with Gasteiger partial charge in [0.2, 0.25) is 5.16 Å². The molecule has 0 fully saturated rings. The molecule has 3 aromatic rings. The summed E-state index contributed by atoms with van der Waals surface area (Å²) in [7, 11) is 3.82. The molecule has 11 heteroatoms. The van der Waals surface area contributed by atoms with Crippen LogP contribution in [0, 0.1) is 6.92 Å². The zero-order valence-corrected chi connectivity index (χ0v) is 14.4. The Bertz CT molecular complexity index is 774. The number of nitrogens with zero attached hydrogens (tertiary/aromatic N) is 8. The van der Waals surface area contributed by atoms with Crippen molar-refractivity contribution in [2.75, 3.05) is 5.75 Å². The van der Waals surface area contributed by atoms with Crippen LogP contribution >= 0.6 is 11.8 Å². The summed E-state index contributed by atoms with van der Waals surface area (Å²) in [6.45, 7) is 2.55. The van der Waals surface area contributed by atoms with E-state index in [1.165, 1.54) is 0 Å². The second-order valence-corrected chi connectivity index (χ2v) is 5.83. The van der Waals surface area contributed by atoms with Crippen molar-refractivity contribution >= 4 is 18.2 Å². The lowest BCUT2D eigenvalue weighted by molar-refractivity contribution is -0.122. The summed E-state index contributed by atoms with van der Waals surface area (Å²) >= 11 is 1.62. The van der Waals surface area contributed by atoms with Crippen molar-refractivity contribution < 1.29 is 9.90 Å². The summed E-state index contributed by atoms with van der Waals surface area (Å²) in [6, 6.07) is 0. The first-order chi connectivity index (χ1) is 11.6. The third-order valence-electron chi connectivity index (χ3n) is 3.20. The van der Waals surface area contributed by atoms with Gasteiger partial charge in [-0.1, -0.05) is 11.8 Å². The van der Waals surface area contributed by atoms with E-state index in [0.717, 1.165) is 34.8 Å². The molecule has 0 radical (unpaired) electrons. The predicted molar refractivity (Wildman–Crippen MR) is 87.4 cm³/mol. The normalized spacial score (nSPS) is 10.3. The van der Waals surface area contributed by atoms with Crippen molar-refractivity contribution in [1.82, 2.24) is 39.3 Å². The van der Waals surface area contributed by atoms with E-state index in [-0.39, 0.29) is 6.47 Å². The Labute approximate surface area is 142 Å². The molecule has 128 valence electrons. The number of carbonyl (C=O) groups is 1. The molecule has 10 nitrogen and oxygen atoms in total. The second kappa shape index (κ2) is 8.24. The Hall–Kier alpha value is -2.69. The largest absolute Gasteiger partial charge is 0.483 e. The highest BCUT2D eigenvalue weighted by Crippen LogP contribution is 2.18. The van der Waals surface area contributed by atoms with Crippen LogP contribution in [-0.2, 0) is 25.4 Å². The van der Waals surface area contributed by atoms with E-state index in [1.54, 1.807) is 22.6 Å². The maximum atomic E-state index is 8.36. The van der Waals surface area contributed by atoms with E-state index in [9.17, 15) is 0 Å². The van der Waals surface area contributed by atoms with Gasteiger partial charge >= 0.3 is 0 Å². The molecule has 0 amide bonds. The van der Waals surface area contributed by atoms with Crippen molar-refractivity contribution in [3.8, 4) is 11.5 Å². The van der Waals surface area contributed by atoms with Crippen molar-refractivity contribution in [3.05, 3.63) is 24.4 Å². The molecule has 0 spiro atoms. The van der Waals surface area contributed by atoms with Gasteiger partial charge in [0.25, 0.3) is 6.47 Å². The molecule has 0 saturated heterocycles. The second-order valence-electron chi connectivity index (χ2n) is 4.77. The van der Waals surface area contributed by atoms with E-state index < -0.39 is 0 Å². The maximum Gasteiger partial charge on any atom is 0.290 e. The Balaban J connectivity index is 0.000000647. The SMILES string of the molecule is Cc1nc(-c2nccn2CCSc2nnnn2C)cn1C.O=CO. The molecule has 0 aromatic carbocycles. The lowest BCUT2D eigenvalue weighted by Gasteiger charge is -2.05. The molecule has 0 bridgehead atoms. The van der Waals surface area contributed by atoms with Gasteiger partial charge in [0.05, 0.1) is 0 Å². The minimum atomic E-state index is -0.250. The van der Waals surface area contributed by atoms with Gasteiger partial charge in [0.15, 0.2) is 5.82 Å². The average Bonchev–Trinajstić information content (AvgIpc) is 3.23. The standard InChI is InChI=1S/C12H16N8S.CH2O2/c1-9-14-10(8-18(9)2)11-13-4-5-20(11)6-7-21-12-15-16-17-19(12)3;2-1-3/h4-5,8H,6-7H2,1-3H3;1H,(H,2,3). The van der Waals surface area contributed by atoms with Crippen molar-refractivity contribution in [2.45, 2.75) is 18.6 Å². The quantitative estimate of drug-likeness (QED) is 0.525. The Morgan fingerprint density at radius 3 is 2.71 bits per heavy atom. The highest BCUT2D eigenvalue weighted by atomic mass is 32.2. The first-order valence-electron chi connectivity index (χ1n) is 7.01. The number of carboxylic acid groups (broad SMARTS) is 1. The molecular weight excluding hydrogens is 332 g/mol. The summed E-state index contributed by atoms with van der Waals surface area (Å²) in [5.41, 5.74) is 0.894. The first-order valence-corrected chi connectivity index (χ1v) is 7.99.